The largest absolute Gasteiger partial charge is 0.260 e. The van der Waals surface area contributed by atoms with E-state index in [1.54, 1.807) is 6.20 Å². The number of aromatic nitrogens is 2. The van der Waals surface area contributed by atoms with E-state index in [-0.39, 0.29) is 0 Å². The summed E-state index contributed by atoms with van der Waals surface area (Å²) in [6, 6.07) is 7.96. The fourth-order valence-electron chi connectivity index (χ4n) is 1.41. The van der Waals surface area contributed by atoms with Gasteiger partial charge in [-0.15, -0.1) is 5.10 Å². The molecule has 2 aromatic rings. The van der Waals surface area contributed by atoms with Crippen LogP contribution in [0, 0.1) is 0 Å². The van der Waals surface area contributed by atoms with Crippen LogP contribution in [-0.2, 0) is 0 Å². The van der Waals surface area contributed by atoms with E-state index in [1.807, 2.05) is 30.5 Å². The smallest absolute Gasteiger partial charge is 0.176 e. The lowest BCUT2D eigenvalue weighted by Gasteiger charge is -2.02. The Labute approximate surface area is 94.4 Å². The first kappa shape index (κ1) is 10.5. The third-order valence-electron chi connectivity index (χ3n) is 2.25. The summed E-state index contributed by atoms with van der Waals surface area (Å²) in [7, 11) is 0. The highest BCUT2D eigenvalue weighted by atomic mass is 15.3. The van der Waals surface area contributed by atoms with Crippen LogP contribution in [0.3, 0.4) is 0 Å². The number of anilines is 1. The van der Waals surface area contributed by atoms with Gasteiger partial charge in [0.15, 0.2) is 5.82 Å². The number of hydrogen-bond acceptors (Lipinski definition) is 4. The molecule has 0 amide bonds. The fraction of sp³-hybridized carbons (Fsp3) is 0.250. The third kappa shape index (κ3) is 2.34. The van der Waals surface area contributed by atoms with Crippen molar-refractivity contribution in [2.45, 2.75) is 19.8 Å². The zero-order valence-corrected chi connectivity index (χ0v) is 9.22. The van der Waals surface area contributed by atoms with Crippen molar-refractivity contribution in [2.24, 2.45) is 5.10 Å². The minimum Gasteiger partial charge on any atom is -0.260 e. The van der Waals surface area contributed by atoms with Gasteiger partial charge in [0.1, 0.15) is 0 Å². The molecule has 1 heterocycles. The number of rotatable bonds is 4. The Hall–Kier alpha value is -1.97. The number of hydrazone groups is 1. The van der Waals surface area contributed by atoms with E-state index >= 15 is 0 Å². The molecule has 0 saturated carbocycles. The molecule has 0 bridgehead atoms. The van der Waals surface area contributed by atoms with Crippen molar-refractivity contribution in [3.63, 3.8) is 0 Å². The lowest BCUT2D eigenvalue weighted by molar-refractivity contribution is 0.999. The SMILES string of the molecule is CCC/C=N\Nc1nncc2ccccc12. The normalized spacial score (nSPS) is 11.1. The molecular formula is C12H14N4. The van der Waals surface area contributed by atoms with Crippen LogP contribution in [-0.4, -0.2) is 16.4 Å². The molecule has 4 heteroatoms. The van der Waals surface area contributed by atoms with E-state index in [1.165, 1.54) is 0 Å². The Morgan fingerprint density at radius 3 is 3.12 bits per heavy atom. The number of unbranched alkanes of at least 4 members (excludes halogenated alkanes) is 1. The van der Waals surface area contributed by atoms with Gasteiger partial charge in [-0.05, 0) is 6.42 Å². The number of hydrogen-bond donors (Lipinski definition) is 1. The van der Waals surface area contributed by atoms with Gasteiger partial charge in [0, 0.05) is 17.0 Å². The first-order chi connectivity index (χ1) is 7.92. The minimum atomic E-state index is 0.699. The predicted octanol–water partition coefficient (Wildman–Crippen LogP) is 2.83. The Bertz CT molecular complexity index is 488. The van der Waals surface area contributed by atoms with E-state index in [0.29, 0.717) is 5.82 Å². The molecule has 0 saturated heterocycles. The first-order valence-corrected chi connectivity index (χ1v) is 5.39. The summed E-state index contributed by atoms with van der Waals surface area (Å²) in [6.45, 7) is 2.11. The van der Waals surface area contributed by atoms with Crippen molar-refractivity contribution in [2.75, 3.05) is 5.43 Å². The minimum absolute atomic E-state index is 0.699. The van der Waals surface area contributed by atoms with Crippen molar-refractivity contribution in [3.8, 4) is 0 Å². The van der Waals surface area contributed by atoms with Gasteiger partial charge in [0.05, 0.1) is 6.20 Å². The van der Waals surface area contributed by atoms with Gasteiger partial charge in [-0.1, -0.05) is 37.6 Å². The number of fused-ring (bicyclic) bond motifs is 1. The van der Waals surface area contributed by atoms with Crippen molar-refractivity contribution in [1.82, 2.24) is 10.2 Å². The maximum atomic E-state index is 4.10. The van der Waals surface area contributed by atoms with Crippen molar-refractivity contribution >= 4 is 22.8 Å². The van der Waals surface area contributed by atoms with E-state index in [2.05, 4.69) is 27.6 Å². The van der Waals surface area contributed by atoms with Crippen LogP contribution in [0.5, 0.6) is 0 Å². The van der Waals surface area contributed by atoms with Crippen LogP contribution in [0.15, 0.2) is 35.6 Å². The van der Waals surface area contributed by atoms with Gasteiger partial charge in [0.2, 0.25) is 0 Å². The third-order valence-corrected chi connectivity index (χ3v) is 2.25. The molecule has 0 aliphatic heterocycles. The summed E-state index contributed by atoms with van der Waals surface area (Å²) < 4.78 is 0. The molecule has 82 valence electrons. The maximum absolute atomic E-state index is 4.10. The Balaban J connectivity index is 2.23. The average molecular weight is 214 g/mol. The second kappa shape index (κ2) is 5.21. The zero-order chi connectivity index (χ0) is 11.2. The molecule has 0 radical (unpaired) electrons. The highest BCUT2D eigenvalue weighted by Crippen LogP contribution is 2.18. The molecule has 0 fully saturated rings. The lowest BCUT2D eigenvalue weighted by Crippen LogP contribution is -1.95. The molecule has 0 atom stereocenters. The van der Waals surface area contributed by atoms with Gasteiger partial charge in [-0.2, -0.15) is 10.2 Å². The monoisotopic (exact) mass is 214 g/mol. The van der Waals surface area contributed by atoms with Crippen LogP contribution in [0.25, 0.3) is 10.8 Å². The van der Waals surface area contributed by atoms with Crippen molar-refractivity contribution < 1.29 is 0 Å². The summed E-state index contributed by atoms with van der Waals surface area (Å²) in [5, 5.41) is 14.2. The maximum Gasteiger partial charge on any atom is 0.176 e. The summed E-state index contributed by atoms with van der Waals surface area (Å²) in [6.07, 6.45) is 5.65. The van der Waals surface area contributed by atoms with E-state index < -0.39 is 0 Å². The zero-order valence-electron chi connectivity index (χ0n) is 9.22. The van der Waals surface area contributed by atoms with Crippen LogP contribution in [0.4, 0.5) is 5.82 Å². The van der Waals surface area contributed by atoms with Gasteiger partial charge in [0.25, 0.3) is 0 Å². The standard InChI is InChI=1S/C12H14N4/c1-2-3-8-13-15-12-11-7-5-4-6-10(11)9-14-16-12/h4-9H,2-3H2,1H3,(H,15,16)/b13-8-. The lowest BCUT2D eigenvalue weighted by atomic mass is 10.2. The van der Waals surface area contributed by atoms with E-state index in [4.69, 9.17) is 0 Å². The molecule has 0 unspecified atom stereocenters. The summed E-state index contributed by atoms with van der Waals surface area (Å²) in [5.74, 6) is 0.699. The summed E-state index contributed by atoms with van der Waals surface area (Å²) in [4.78, 5) is 0. The number of nitrogens with one attached hydrogen (secondary N) is 1. The van der Waals surface area contributed by atoms with E-state index in [9.17, 15) is 0 Å². The highest BCUT2D eigenvalue weighted by Gasteiger charge is 2.00. The second-order valence-electron chi connectivity index (χ2n) is 3.49. The molecule has 1 N–H and O–H groups in total. The van der Waals surface area contributed by atoms with Crippen molar-refractivity contribution in [1.29, 1.82) is 0 Å². The molecule has 16 heavy (non-hydrogen) atoms. The van der Waals surface area contributed by atoms with Crippen LogP contribution in [0.1, 0.15) is 19.8 Å². The quantitative estimate of drug-likeness (QED) is 0.629. The van der Waals surface area contributed by atoms with Gasteiger partial charge in [-0.3, -0.25) is 5.43 Å². The first-order valence-electron chi connectivity index (χ1n) is 5.39. The molecule has 1 aromatic carbocycles. The number of nitrogens with zero attached hydrogens (tertiary/aromatic N) is 3. The van der Waals surface area contributed by atoms with Crippen LogP contribution < -0.4 is 5.43 Å². The Morgan fingerprint density at radius 1 is 1.38 bits per heavy atom. The van der Waals surface area contributed by atoms with Crippen LogP contribution in [0.2, 0.25) is 0 Å². The van der Waals surface area contributed by atoms with E-state index in [0.717, 1.165) is 23.6 Å². The topological polar surface area (TPSA) is 50.2 Å². The summed E-state index contributed by atoms with van der Waals surface area (Å²) >= 11 is 0. The predicted molar refractivity (Wildman–Crippen MR) is 66.6 cm³/mol. The van der Waals surface area contributed by atoms with Gasteiger partial charge in [-0.25, -0.2) is 0 Å². The fourth-order valence-corrected chi connectivity index (χ4v) is 1.41. The van der Waals surface area contributed by atoms with Gasteiger partial charge >= 0.3 is 0 Å². The molecule has 2 rings (SSSR count). The number of benzene rings is 1. The van der Waals surface area contributed by atoms with Crippen LogP contribution >= 0.6 is 0 Å². The van der Waals surface area contributed by atoms with Gasteiger partial charge < -0.3 is 0 Å². The summed E-state index contributed by atoms with van der Waals surface area (Å²) in [5.41, 5.74) is 2.92. The molecule has 4 nitrogen and oxygen atoms in total. The average Bonchev–Trinajstić information content (AvgIpc) is 2.35. The Kier molecular flexibility index (Phi) is 3.43. The molecule has 0 spiro atoms. The Morgan fingerprint density at radius 2 is 2.25 bits per heavy atom. The highest BCUT2D eigenvalue weighted by molar-refractivity contribution is 5.90. The second-order valence-corrected chi connectivity index (χ2v) is 3.49. The molecule has 1 aromatic heterocycles. The molecular weight excluding hydrogens is 200 g/mol. The molecule has 0 aliphatic rings. The van der Waals surface area contributed by atoms with Crippen molar-refractivity contribution in [3.05, 3.63) is 30.5 Å². The molecule has 0 aliphatic carbocycles.